The van der Waals surface area contributed by atoms with Gasteiger partial charge in [0.15, 0.2) is 0 Å². The van der Waals surface area contributed by atoms with Gasteiger partial charge >= 0.3 is 0 Å². The van der Waals surface area contributed by atoms with Crippen LogP contribution in [-0.2, 0) is 6.42 Å². The number of ether oxygens (including phenoxy) is 1. The summed E-state index contributed by atoms with van der Waals surface area (Å²) in [5, 5.41) is 3.35. The quantitative estimate of drug-likeness (QED) is 0.691. The number of aryl methyl sites for hydroxylation is 1. The third-order valence-corrected chi connectivity index (χ3v) is 3.40. The van der Waals surface area contributed by atoms with E-state index in [1.54, 1.807) is 0 Å². The highest BCUT2D eigenvalue weighted by Gasteiger charge is 2.02. The van der Waals surface area contributed by atoms with Crippen molar-refractivity contribution in [2.45, 2.75) is 39.5 Å². The first kappa shape index (κ1) is 15.5. The monoisotopic (exact) mass is 313 g/mol. The molecule has 0 atom stereocenters. The fourth-order valence-corrected chi connectivity index (χ4v) is 2.33. The molecule has 1 rings (SSSR count). The molecule has 0 amide bonds. The zero-order valence-electron chi connectivity index (χ0n) is 11.5. The number of hydrogen-bond donors (Lipinski definition) is 1. The van der Waals surface area contributed by atoms with Crippen LogP contribution in [0.5, 0.6) is 5.75 Å². The topological polar surface area (TPSA) is 21.3 Å². The molecule has 0 saturated heterocycles. The van der Waals surface area contributed by atoms with Crippen molar-refractivity contribution < 1.29 is 4.74 Å². The largest absolute Gasteiger partial charge is 0.492 e. The van der Waals surface area contributed by atoms with Crippen molar-refractivity contribution in [3.05, 3.63) is 28.2 Å². The second-order valence-corrected chi connectivity index (χ2v) is 5.28. The molecule has 0 saturated carbocycles. The predicted molar refractivity (Wildman–Crippen MR) is 81.4 cm³/mol. The lowest BCUT2D eigenvalue weighted by Gasteiger charge is -2.09. The van der Waals surface area contributed by atoms with Crippen LogP contribution in [0.3, 0.4) is 0 Å². The SMILES string of the molecule is CCCOc1ccc(CCCCNCC)cc1Br. The third kappa shape index (κ3) is 5.87. The molecular weight excluding hydrogens is 290 g/mol. The van der Waals surface area contributed by atoms with Crippen molar-refractivity contribution in [2.24, 2.45) is 0 Å². The van der Waals surface area contributed by atoms with Gasteiger partial charge in [0.2, 0.25) is 0 Å². The van der Waals surface area contributed by atoms with Crippen LogP contribution in [0, 0.1) is 0 Å². The fraction of sp³-hybridized carbons (Fsp3) is 0.600. The summed E-state index contributed by atoms with van der Waals surface area (Å²) in [5.41, 5.74) is 1.38. The molecule has 1 N–H and O–H groups in total. The Balaban J connectivity index is 2.36. The predicted octanol–water partition coefficient (Wildman–Crippen LogP) is 4.17. The fourth-order valence-electron chi connectivity index (χ4n) is 1.78. The van der Waals surface area contributed by atoms with E-state index in [0.29, 0.717) is 0 Å². The summed E-state index contributed by atoms with van der Waals surface area (Å²) in [6, 6.07) is 6.42. The zero-order valence-corrected chi connectivity index (χ0v) is 13.1. The highest BCUT2D eigenvalue weighted by Crippen LogP contribution is 2.26. The van der Waals surface area contributed by atoms with Crippen molar-refractivity contribution >= 4 is 15.9 Å². The minimum atomic E-state index is 0.778. The summed E-state index contributed by atoms with van der Waals surface area (Å²) in [6.45, 7) is 7.23. The molecule has 1 aromatic carbocycles. The van der Waals surface area contributed by atoms with Crippen molar-refractivity contribution in [3.63, 3.8) is 0 Å². The van der Waals surface area contributed by atoms with Crippen molar-refractivity contribution in [1.82, 2.24) is 5.32 Å². The van der Waals surface area contributed by atoms with Gasteiger partial charge in [0.05, 0.1) is 11.1 Å². The smallest absolute Gasteiger partial charge is 0.133 e. The van der Waals surface area contributed by atoms with E-state index in [1.807, 2.05) is 0 Å². The molecule has 0 bridgehead atoms. The molecule has 2 nitrogen and oxygen atoms in total. The Bertz CT molecular complexity index is 341. The molecule has 0 spiro atoms. The highest BCUT2D eigenvalue weighted by molar-refractivity contribution is 9.10. The minimum absolute atomic E-state index is 0.778. The Morgan fingerprint density at radius 3 is 2.72 bits per heavy atom. The normalized spacial score (nSPS) is 10.6. The molecule has 18 heavy (non-hydrogen) atoms. The van der Waals surface area contributed by atoms with Gasteiger partial charge in [-0.1, -0.05) is 19.9 Å². The van der Waals surface area contributed by atoms with E-state index in [2.05, 4.69) is 53.3 Å². The molecule has 0 aliphatic heterocycles. The first-order chi connectivity index (χ1) is 8.77. The Morgan fingerprint density at radius 1 is 1.22 bits per heavy atom. The Labute approximate surface area is 119 Å². The Kier molecular flexibility index (Phi) is 8.10. The molecule has 0 aliphatic rings. The molecule has 3 heteroatoms. The summed E-state index contributed by atoms with van der Waals surface area (Å²) in [6.07, 6.45) is 4.64. The van der Waals surface area contributed by atoms with Gasteiger partial charge in [-0.3, -0.25) is 0 Å². The van der Waals surface area contributed by atoms with E-state index in [1.165, 1.54) is 18.4 Å². The zero-order chi connectivity index (χ0) is 13.2. The molecule has 0 heterocycles. The lowest BCUT2D eigenvalue weighted by atomic mass is 10.1. The maximum Gasteiger partial charge on any atom is 0.133 e. The van der Waals surface area contributed by atoms with Gasteiger partial charge in [0, 0.05) is 0 Å². The van der Waals surface area contributed by atoms with Crippen LogP contribution >= 0.6 is 15.9 Å². The molecule has 0 radical (unpaired) electrons. The van der Waals surface area contributed by atoms with Crippen LogP contribution in [-0.4, -0.2) is 19.7 Å². The average Bonchev–Trinajstić information content (AvgIpc) is 2.37. The third-order valence-electron chi connectivity index (χ3n) is 2.78. The molecule has 1 aromatic rings. The van der Waals surface area contributed by atoms with Gasteiger partial charge in [-0.15, -0.1) is 0 Å². The van der Waals surface area contributed by atoms with Gasteiger partial charge in [-0.2, -0.15) is 0 Å². The first-order valence-corrected chi connectivity index (χ1v) is 7.69. The maximum atomic E-state index is 5.64. The Hall–Kier alpha value is -0.540. The number of nitrogens with one attached hydrogen (secondary N) is 1. The number of halogens is 1. The van der Waals surface area contributed by atoms with Crippen molar-refractivity contribution in [1.29, 1.82) is 0 Å². The number of unbranched alkanes of at least 4 members (excludes halogenated alkanes) is 1. The van der Waals surface area contributed by atoms with Gasteiger partial charge in [-0.05, 0) is 72.4 Å². The van der Waals surface area contributed by atoms with Gasteiger partial charge in [-0.25, -0.2) is 0 Å². The number of rotatable bonds is 9. The average molecular weight is 314 g/mol. The second kappa shape index (κ2) is 9.40. The molecule has 0 unspecified atom stereocenters. The summed E-state index contributed by atoms with van der Waals surface area (Å²) >= 11 is 3.57. The summed E-state index contributed by atoms with van der Waals surface area (Å²) in [4.78, 5) is 0. The van der Waals surface area contributed by atoms with E-state index in [0.717, 1.165) is 42.8 Å². The highest BCUT2D eigenvalue weighted by atomic mass is 79.9. The van der Waals surface area contributed by atoms with Gasteiger partial charge in [0.1, 0.15) is 5.75 Å². The van der Waals surface area contributed by atoms with Crippen LogP contribution in [0.15, 0.2) is 22.7 Å². The molecule has 0 aromatic heterocycles. The minimum Gasteiger partial charge on any atom is -0.492 e. The molecule has 0 fully saturated rings. The lowest BCUT2D eigenvalue weighted by molar-refractivity contribution is 0.315. The standard InChI is InChI=1S/C15H24BrNO/c1-3-11-18-15-9-8-13(12-14(15)16)7-5-6-10-17-4-2/h8-9,12,17H,3-7,10-11H2,1-2H3. The van der Waals surface area contributed by atoms with E-state index in [4.69, 9.17) is 4.74 Å². The van der Waals surface area contributed by atoms with Gasteiger partial charge < -0.3 is 10.1 Å². The van der Waals surface area contributed by atoms with Crippen LogP contribution in [0.25, 0.3) is 0 Å². The summed E-state index contributed by atoms with van der Waals surface area (Å²) in [7, 11) is 0. The molecule has 102 valence electrons. The number of benzene rings is 1. The van der Waals surface area contributed by atoms with E-state index in [-0.39, 0.29) is 0 Å². The molecular formula is C15H24BrNO. The molecule has 0 aliphatic carbocycles. The summed E-state index contributed by atoms with van der Waals surface area (Å²) in [5.74, 6) is 0.952. The summed E-state index contributed by atoms with van der Waals surface area (Å²) < 4.78 is 6.71. The van der Waals surface area contributed by atoms with Crippen LogP contribution in [0.2, 0.25) is 0 Å². The van der Waals surface area contributed by atoms with E-state index < -0.39 is 0 Å². The van der Waals surface area contributed by atoms with Crippen LogP contribution in [0.4, 0.5) is 0 Å². The van der Waals surface area contributed by atoms with Crippen molar-refractivity contribution in [2.75, 3.05) is 19.7 Å². The Morgan fingerprint density at radius 2 is 2.06 bits per heavy atom. The second-order valence-electron chi connectivity index (χ2n) is 4.42. The van der Waals surface area contributed by atoms with E-state index >= 15 is 0 Å². The van der Waals surface area contributed by atoms with Gasteiger partial charge in [0.25, 0.3) is 0 Å². The van der Waals surface area contributed by atoms with Crippen LogP contribution in [0.1, 0.15) is 38.7 Å². The van der Waals surface area contributed by atoms with Crippen LogP contribution < -0.4 is 10.1 Å². The van der Waals surface area contributed by atoms with E-state index in [9.17, 15) is 0 Å². The maximum absolute atomic E-state index is 5.64. The lowest BCUT2D eigenvalue weighted by Crippen LogP contribution is -2.13. The number of hydrogen-bond acceptors (Lipinski definition) is 2. The first-order valence-electron chi connectivity index (χ1n) is 6.89. The van der Waals surface area contributed by atoms with Crippen molar-refractivity contribution in [3.8, 4) is 5.75 Å².